The average molecular weight is 288 g/mol. The van der Waals surface area contributed by atoms with E-state index in [-0.39, 0.29) is 5.82 Å². The first-order chi connectivity index (χ1) is 9.52. The summed E-state index contributed by atoms with van der Waals surface area (Å²) >= 11 is 1.59. The number of ether oxygens (including phenoxy) is 1. The molecule has 3 rings (SSSR count). The van der Waals surface area contributed by atoms with Crippen LogP contribution in [0.1, 0.15) is 10.6 Å². The lowest BCUT2D eigenvalue weighted by atomic mass is 10.2. The molecule has 0 amide bonds. The third-order valence-corrected chi connectivity index (χ3v) is 3.92. The van der Waals surface area contributed by atoms with E-state index in [0.29, 0.717) is 22.7 Å². The Morgan fingerprint density at radius 1 is 1.20 bits per heavy atom. The van der Waals surface area contributed by atoms with Gasteiger partial charge in [-0.1, -0.05) is 0 Å². The highest BCUT2D eigenvalue weighted by Gasteiger charge is 2.09. The Balaban J connectivity index is 2.00. The highest BCUT2D eigenvalue weighted by atomic mass is 32.1. The van der Waals surface area contributed by atoms with Crippen LogP contribution in [0.2, 0.25) is 0 Å². The number of nitrogen functional groups attached to an aromatic ring is 1. The lowest BCUT2D eigenvalue weighted by molar-refractivity contribution is 0.482. The summed E-state index contributed by atoms with van der Waals surface area (Å²) in [5.74, 6) is 0.839. The maximum absolute atomic E-state index is 13.2. The monoisotopic (exact) mass is 288 g/mol. The summed E-state index contributed by atoms with van der Waals surface area (Å²) in [6.45, 7) is 3.64. The van der Waals surface area contributed by atoms with E-state index in [2.05, 4.69) is 4.98 Å². The molecule has 0 unspecified atom stereocenters. The molecule has 1 heterocycles. The second-order valence-electron chi connectivity index (χ2n) is 4.60. The Morgan fingerprint density at radius 2 is 2.00 bits per heavy atom. The first-order valence-electron chi connectivity index (χ1n) is 6.13. The predicted octanol–water partition coefficient (Wildman–Crippen LogP) is 4.43. The Bertz CT molecular complexity index is 798. The molecule has 0 aliphatic rings. The van der Waals surface area contributed by atoms with E-state index in [4.69, 9.17) is 10.5 Å². The average Bonchev–Trinajstić information content (AvgIpc) is 2.73. The summed E-state index contributed by atoms with van der Waals surface area (Å²) in [6.07, 6.45) is 0. The van der Waals surface area contributed by atoms with Gasteiger partial charge in [0.15, 0.2) is 5.75 Å². The van der Waals surface area contributed by atoms with E-state index >= 15 is 0 Å². The van der Waals surface area contributed by atoms with Crippen LogP contribution in [0, 0.1) is 19.7 Å². The van der Waals surface area contributed by atoms with E-state index in [9.17, 15) is 4.39 Å². The second-order valence-corrected chi connectivity index (χ2v) is 5.84. The van der Waals surface area contributed by atoms with Crippen LogP contribution in [0.3, 0.4) is 0 Å². The second kappa shape index (κ2) is 4.76. The van der Waals surface area contributed by atoms with Gasteiger partial charge in [-0.3, -0.25) is 0 Å². The van der Waals surface area contributed by atoms with Crippen LogP contribution < -0.4 is 10.5 Å². The highest BCUT2D eigenvalue weighted by molar-refractivity contribution is 7.18. The van der Waals surface area contributed by atoms with E-state index in [1.807, 2.05) is 19.1 Å². The zero-order valence-corrected chi connectivity index (χ0v) is 11.9. The van der Waals surface area contributed by atoms with Crippen molar-refractivity contribution in [1.82, 2.24) is 4.98 Å². The van der Waals surface area contributed by atoms with Crippen molar-refractivity contribution in [1.29, 1.82) is 0 Å². The number of aromatic nitrogens is 1. The molecule has 20 heavy (non-hydrogen) atoms. The van der Waals surface area contributed by atoms with Gasteiger partial charge in [-0.15, -0.1) is 11.3 Å². The summed E-state index contributed by atoms with van der Waals surface area (Å²) in [4.78, 5) is 4.41. The van der Waals surface area contributed by atoms with Crippen LogP contribution >= 0.6 is 11.3 Å². The van der Waals surface area contributed by atoms with Crippen LogP contribution in [0.4, 0.5) is 10.1 Å². The minimum absolute atomic E-state index is 0.254. The van der Waals surface area contributed by atoms with Gasteiger partial charge >= 0.3 is 0 Å². The lowest BCUT2D eigenvalue weighted by Crippen LogP contribution is -1.93. The van der Waals surface area contributed by atoms with Crippen LogP contribution in [-0.2, 0) is 0 Å². The summed E-state index contributed by atoms with van der Waals surface area (Å²) in [5.41, 5.74) is 7.93. The number of anilines is 1. The third-order valence-electron chi connectivity index (χ3n) is 2.98. The highest BCUT2D eigenvalue weighted by Crippen LogP contribution is 2.34. The quantitative estimate of drug-likeness (QED) is 0.710. The molecule has 3 aromatic rings. The molecule has 0 aliphatic heterocycles. The number of thiazole rings is 1. The summed E-state index contributed by atoms with van der Waals surface area (Å²) in [7, 11) is 0. The normalized spacial score (nSPS) is 10.9. The minimum Gasteiger partial charge on any atom is -0.455 e. The van der Waals surface area contributed by atoms with Gasteiger partial charge in [0.25, 0.3) is 0 Å². The molecule has 0 saturated heterocycles. The number of halogens is 1. The minimum atomic E-state index is -0.254. The number of nitrogens with zero attached hydrogens (tertiary/aromatic N) is 1. The predicted molar refractivity (Wildman–Crippen MR) is 80.0 cm³/mol. The number of benzene rings is 2. The zero-order valence-electron chi connectivity index (χ0n) is 11.1. The number of fused-ring (bicyclic) bond motifs is 1. The van der Waals surface area contributed by atoms with Crippen molar-refractivity contribution in [3.8, 4) is 11.5 Å². The van der Waals surface area contributed by atoms with Crippen molar-refractivity contribution in [2.75, 3.05) is 5.73 Å². The summed E-state index contributed by atoms with van der Waals surface area (Å²) < 4.78 is 20.0. The van der Waals surface area contributed by atoms with Crippen molar-refractivity contribution >= 4 is 27.2 Å². The molecular weight excluding hydrogens is 275 g/mol. The van der Waals surface area contributed by atoms with Crippen molar-refractivity contribution in [2.45, 2.75) is 13.8 Å². The van der Waals surface area contributed by atoms with Crippen molar-refractivity contribution in [2.24, 2.45) is 0 Å². The number of hydrogen-bond acceptors (Lipinski definition) is 4. The fourth-order valence-corrected chi connectivity index (χ4v) is 2.84. The summed E-state index contributed by atoms with van der Waals surface area (Å²) in [6, 6.07) is 8.27. The van der Waals surface area contributed by atoms with E-state index < -0.39 is 0 Å². The first kappa shape index (κ1) is 12.9. The Kier molecular flexibility index (Phi) is 3.06. The molecule has 102 valence electrons. The molecule has 0 spiro atoms. The topological polar surface area (TPSA) is 48.1 Å². The molecular formula is C15H13FN2OS. The van der Waals surface area contributed by atoms with Gasteiger partial charge in [0.05, 0.1) is 20.9 Å². The number of nitrogens with two attached hydrogens (primary N) is 1. The fourth-order valence-electron chi connectivity index (χ4n) is 1.98. The van der Waals surface area contributed by atoms with Gasteiger partial charge in [0.2, 0.25) is 0 Å². The maximum Gasteiger partial charge on any atom is 0.152 e. The first-order valence-corrected chi connectivity index (χ1v) is 6.95. The molecule has 3 nitrogen and oxygen atoms in total. The zero-order chi connectivity index (χ0) is 14.3. The largest absolute Gasteiger partial charge is 0.455 e. The molecule has 0 radical (unpaired) electrons. The molecule has 0 saturated carbocycles. The van der Waals surface area contributed by atoms with Crippen LogP contribution in [0.5, 0.6) is 11.5 Å². The van der Waals surface area contributed by atoms with Crippen molar-refractivity contribution in [3.63, 3.8) is 0 Å². The Morgan fingerprint density at radius 3 is 2.75 bits per heavy atom. The Hall–Kier alpha value is -2.14. The SMILES string of the molecule is Cc1nc2cc(Oc3ccc(F)c(C)c3)c(N)cc2s1. The van der Waals surface area contributed by atoms with Gasteiger partial charge in [-0.2, -0.15) is 0 Å². The smallest absolute Gasteiger partial charge is 0.152 e. The number of rotatable bonds is 2. The van der Waals surface area contributed by atoms with E-state index in [1.54, 1.807) is 30.4 Å². The summed E-state index contributed by atoms with van der Waals surface area (Å²) in [5, 5.41) is 0.981. The molecule has 0 aliphatic carbocycles. The van der Waals surface area contributed by atoms with Crippen LogP contribution in [0.15, 0.2) is 30.3 Å². The van der Waals surface area contributed by atoms with Gasteiger partial charge in [-0.25, -0.2) is 9.37 Å². The van der Waals surface area contributed by atoms with Gasteiger partial charge in [0.1, 0.15) is 11.6 Å². The number of hydrogen-bond donors (Lipinski definition) is 1. The van der Waals surface area contributed by atoms with Crippen molar-refractivity contribution in [3.05, 3.63) is 46.7 Å². The molecule has 0 fully saturated rings. The molecule has 0 atom stereocenters. The Labute approximate surface area is 119 Å². The fraction of sp³-hybridized carbons (Fsp3) is 0.133. The molecule has 0 bridgehead atoms. The van der Waals surface area contributed by atoms with Crippen LogP contribution in [0.25, 0.3) is 10.2 Å². The third kappa shape index (κ3) is 2.32. The lowest BCUT2D eigenvalue weighted by Gasteiger charge is -2.09. The standard InChI is InChI=1S/C15H13FN2OS/c1-8-5-10(3-4-11(8)16)19-14-7-13-15(6-12(14)17)20-9(2)18-13/h3-7H,17H2,1-2H3. The van der Waals surface area contributed by atoms with E-state index in [0.717, 1.165) is 15.2 Å². The van der Waals surface area contributed by atoms with Gasteiger partial charge in [0, 0.05) is 6.07 Å². The van der Waals surface area contributed by atoms with E-state index in [1.165, 1.54) is 6.07 Å². The van der Waals surface area contributed by atoms with Crippen molar-refractivity contribution < 1.29 is 9.13 Å². The molecule has 1 aromatic heterocycles. The number of aryl methyl sites for hydroxylation is 2. The molecule has 5 heteroatoms. The van der Waals surface area contributed by atoms with Crippen LogP contribution in [-0.4, -0.2) is 4.98 Å². The van der Waals surface area contributed by atoms with Gasteiger partial charge < -0.3 is 10.5 Å². The molecule has 2 aromatic carbocycles. The van der Waals surface area contributed by atoms with Gasteiger partial charge in [-0.05, 0) is 43.7 Å². The maximum atomic E-state index is 13.2. The molecule has 2 N–H and O–H groups in total.